The Morgan fingerprint density at radius 3 is 2.75 bits per heavy atom. The molecule has 0 saturated carbocycles. The van der Waals surface area contributed by atoms with Gasteiger partial charge in [-0.1, -0.05) is 12.1 Å². The molecule has 1 atom stereocenters. The van der Waals surface area contributed by atoms with Crippen molar-refractivity contribution in [2.45, 2.75) is 25.0 Å². The van der Waals surface area contributed by atoms with Gasteiger partial charge >= 0.3 is 5.97 Å². The van der Waals surface area contributed by atoms with E-state index in [-0.39, 0.29) is 6.54 Å². The van der Waals surface area contributed by atoms with Crippen LogP contribution in [0.5, 0.6) is 5.75 Å². The largest absolute Gasteiger partial charge is 0.495 e. The highest BCUT2D eigenvalue weighted by atomic mass is 32.2. The van der Waals surface area contributed by atoms with Gasteiger partial charge in [0, 0.05) is 6.54 Å². The zero-order valence-electron chi connectivity index (χ0n) is 11.4. The van der Waals surface area contributed by atoms with Crippen LogP contribution in [0.15, 0.2) is 18.2 Å². The van der Waals surface area contributed by atoms with E-state index in [0.717, 1.165) is 12.0 Å². The lowest BCUT2D eigenvalue weighted by molar-refractivity contribution is -0.136. The molecule has 0 bridgehead atoms. The number of aliphatic carboxylic acids is 1. The van der Waals surface area contributed by atoms with E-state index in [0.29, 0.717) is 17.9 Å². The molecule has 1 N–H and O–H groups in total. The van der Waals surface area contributed by atoms with Crippen LogP contribution in [0.25, 0.3) is 0 Å². The third-order valence-corrected chi connectivity index (χ3v) is 5.54. The van der Waals surface area contributed by atoms with Gasteiger partial charge < -0.3 is 9.84 Å². The number of hydrogen-bond donors (Lipinski definition) is 1. The summed E-state index contributed by atoms with van der Waals surface area (Å²) in [7, 11) is -2.49. The summed E-state index contributed by atoms with van der Waals surface area (Å²) in [6.07, 6.45) is 1.41. The Bertz CT molecular complexity index is 611. The summed E-state index contributed by atoms with van der Waals surface area (Å²) in [4.78, 5) is 11.0. The Morgan fingerprint density at radius 2 is 2.15 bits per heavy atom. The number of aryl methyl sites for hydroxylation is 1. The molecule has 0 aromatic heterocycles. The number of carboxylic acids is 1. The highest BCUT2D eigenvalue weighted by Crippen LogP contribution is 2.38. The number of methoxy groups -OCH3 is 1. The maximum Gasteiger partial charge on any atom is 0.323 e. The van der Waals surface area contributed by atoms with Crippen molar-refractivity contribution in [2.75, 3.05) is 18.0 Å². The molecule has 6 nitrogen and oxygen atoms in total. The van der Waals surface area contributed by atoms with Crippen molar-refractivity contribution in [3.8, 4) is 5.75 Å². The van der Waals surface area contributed by atoms with Crippen molar-refractivity contribution in [2.24, 2.45) is 0 Å². The van der Waals surface area contributed by atoms with Crippen molar-refractivity contribution in [1.82, 2.24) is 0 Å². The summed E-state index contributed by atoms with van der Waals surface area (Å²) >= 11 is 0. The Labute approximate surface area is 118 Å². The van der Waals surface area contributed by atoms with E-state index in [1.807, 2.05) is 6.07 Å². The van der Waals surface area contributed by atoms with Gasteiger partial charge in [0.05, 0.1) is 12.8 Å². The molecule has 1 heterocycles. The SMILES string of the molecule is COc1cccc2c1N(S(=O)(=O)C(C)C(=O)O)CCC2. The van der Waals surface area contributed by atoms with Crippen LogP contribution in [-0.2, 0) is 21.2 Å². The van der Waals surface area contributed by atoms with Gasteiger partial charge in [-0.15, -0.1) is 0 Å². The fourth-order valence-electron chi connectivity index (χ4n) is 2.31. The number of benzene rings is 1. The molecule has 1 aliphatic heterocycles. The molecule has 1 aromatic rings. The fourth-order valence-corrected chi connectivity index (χ4v) is 3.80. The van der Waals surface area contributed by atoms with Gasteiger partial charge in [0.25, 0.3) is 0 Å². The van der Waals surface area contributed by atoms with Crippen molar-refractivity contribution in [1.29, 1.82) is 0 Å². The number of para-hydroxylation sites is 1. The minimum absolute atomic E-state index is 0.271. The zero-order chi connectivity index (χ0) is 14.9. The van der Waals surface area contributed by atoms with E-state index in [4.69, 9.17) is 9.84 Å². The number of sulfonamides is 1. The Kier molecular flexibility index (Phi) is 3.89. The smallest absolute Gasteiger partial charge is 0.323 e. The number of carbonyl (C=O) groups is 1. The summed E-state index contributed by atoms with van der Waals surface area (Å²) in [5.41, 5.74) is 1.33. The Hall–Kier alpha value is -1.76. The third kappa shape index (κ3) is 2.33. The Morgan fingerprint density at radius 1 is 1.45 bits per heavy atom. The average molecular weight is 299 g/mol. The van der Waals surface area contributed by atoms with E-state index in [1.54, 1.807) is 12.1 Å². The molecule has 0 aliphatic carbocycles. The number of hydrogen-bond acceptors (Lipinski definition) is 4. The summed E-state index contributed by atoms with van der Waals surface area (Å²) in [5.74, 6) is -0.907. The van der Waals surface area contributed by atoms with Crippen molar-refractivity contribution < 1.29 is 23.1 Å². The first-order valence-corrected chi connectivity index (χ1v) is 7.80. The molecule has 1 aromatic carbocycles. The second-order valence-corrected chi connectivity index (χ2v) is 6.85. The fraction of sp³-hybridized carbons (Fsp3) is 0.462. The van der Waals surface area contributed by atoms with Crippen LogP contribution < -0.4 is 9.04 Å². The maximum absolute atomic E-state index is 12.4. The monoisotopic (exact) mass is 299 g/mol. The van der Waals surface area contributed by atoms with Crippen molar-refractivity contribution in [3.63, 3.8) is 0 Å². The highest BCUT2D eigenvalue weighted by molar-refractivity contribution is 7.94. The van der Waals surface area contributed by atoms with Crippen LogP contribution in [0.1, 0.15) is 18.9 Å². The van der Waals surface area contributed by atoms with Crippen LogP contribution >= 0.6 is 0 Å². The van der Waals surface area contributed by atoms with Crippen LogP contribution in [0.2, 0.25) is 0 Å². The normalized spacial score (nSPS) is 16.4. The molecule has 0 amide bonds. The van der Waals surface area contributed by atoms with E-state index in [1.165, 1.54) is 18.3 Å². The van der Waals surface area contributed by atoms with Crippen molar-refractivity contribution in [3.05, 3.63) is 23.8 Å². The maximum atomic E-state index is 12.4. The first kappa shape index (κ1) is 14.6. The summed E-state index contributed by atoms with van der Waals surface area (Å²) in [6, 6.07) is 5.32. The van der Waals surface area contributed by atoms with E-state index in [2.05, 4.69) is 0 Å². The van der Waals surface area contributed by atoms with Crippen LogP contribution in [0.3, 0.4) is 0 Å². The predicted molar refractivity (Wildman–Crippen MR) is 74.7 cm³/mol. The number of carboxylic acid groups (broad SMARTS) is 1. The van der Waals surface area contributed by atoms with Gasteiger partial charge in [-0.05, 0) is 31.4 Å². The average Bonchev–Trinajstić information content (AvgIpc) is 2.44. The molecule has 7 heteroatoms. The second-order valence-electron chi connectivity index (χ2n) is 4.67. The summed E-state index contributed by atoms with van der Waals surface area (Å²) < 4.78 is 31.3. The van der Waals surface area contributed by atoms with E-state index < -0.39 is 21.2 Å². The molecule has 1 aliphatic rings. The minimum atomic E-state index is -3.95. The van der Waals surface area contributed by atoms with Crippen LogP contribution in [0, 0.1) is 0 Å². The number of rotatable bonds is 4. The Balaban J connectivity index is 2.55. The zero-order valence-corrected chi connectivity index (χ0v) is 12.2. The molecule has 110 valence electrons. The van der Waals surface area contributed by atoms with Gasteiger partial charge in [0.15, 0.2) is 5.25 Å². The van der Waals surface area contributed by atoms with Gasteiger partial charge in [-0.2, -0.15) is 0 Å². The highest BCUT2D eigenvalue weighted by Gasteiger charge is 2.37. The standard InChI is InChI=1S/C13H17NO5S/c1-9(13(15)16)20(17,18)14-8-4-6-10-5-3-7-11(19-2)12(10)14/h3,5,7,9H,4,6,8H2,1-2H3,(H,15,16). The lowest BCUT2D eigenvalue weighted by Gasteiger charge is -2.32. The lowest BCUT2D eigenvalue weighted by atomic mass is 10.0. The number of anilines is 1. The number of ether oxygens (including phenoxy) is 1. The second kappa shape index (κ2) is 5.32. The molecular formula is C13H17NO5S. The van der Waals surface area contributed by atoms with Gasteiger partial charge in [-0.25, -0.2) is 8.42 Å². The van der Waals surface area contributed by atoms with Gasteiger partial charge in [0.1, 0.15) is 5.75 Å². The first-order valence-electron chi connectivity index (χ1n) is 6.30. The molecule has 2 rings (SSSR count). The lowest BCUT2D eigenvalue weighted by Crippen LogP contribution is -2.43. The van der Waals surface area contributed by atoms with Gasteiger partial charge in [-0.3, -0.25) is 9.10 Å². The predicted octanol–water partition coefficient (Wildman–Crippen LogP) is 1.25. The molecule has 0 radical (unpaired) electrons. The molecular weight excluding hydrogens is 282 g/mol. The van der Waals surface area contributed by atoms with Gasteiger partial charge in [0.2, 0.25) is 10.0 Å². The van der Waals surface area contributed by atoms with E-state index in [9.17, 15) is 13.2 Å². The van der Waals surface area contributed by atoms with Crippen LogP contribution in [0.4, 0.5) is 5.69 Å². The minimum Gasteiger partial charge on any atom is -0.495 e. The number of fused-ring (bicyclic) bond motifs is 1. The van der Waals surface area contributed by atoms with Crippen LogP contribution in [-0.4, -0.2) is 38.4 Å². The third-order valence-electron chi connectivity index (χ3n) is 3.46. The first-order chi connectivity index (χ1) is 9.39. The summed E-state index contributed by atoms with van der Waals surface area (Å²) in [5, 5.41) is 7.50. The summed E-state index contributed by atoms with van der Waals surface area (Å²) in [6.45, 7) is 1.45. The molecule has 0 fully saturated rings. The quantitative estimate of drug-likeness (QED) is 0.904. The molecule has 1 unspecified atom stereocenters. The molecule has 0 saturated heterocycles. The van der Waals surface area contributed by atoms with E-state index >= 15 is 0 Å². The number of nitrogens with zero attached hydrogens (tertiary/aromatic N) is 1. The van der Waals surface area contributed by atoms with Crippen molar-refractivity contribution >= 4 is 21.7 Å². The molecule has 20 heavy (non-hydrogen) atoms. The molecule has 0 spiro atoms. The topological polar surface area (TPSA) is 83.9 Å².